The average Bonchev–Trinajstić information content (AvgIpc) is 3.36. The molecule has 2 aromatic carbocycles. The number of aryl methyl sites for hydroxylation is 1. The molecule has 1 aliphatic heterocycles. The van der Waals surface area contributed by atoms with E-state index in [0.717, 1.165) is 28.1 Å². The lowest BCUT2D eigenvalue weighted by Crippen LogP contribution is -2.38. The van der Waals surface area contributed by atoms with Gasteiger partial charge in [0.2, 0.25) is 5.76 Å². The number of ether oxygens (including phenoxy) is 1. The minimum absolute atomic E-state index is 0.0758. The fourth-order valence-corrected chi connectivity index (χ4v) is 4.84. The first-order chi connectivity index (χ1) is 18.0. The first-order valence-electron chi connectivity index (χ1n) is 12.6. The molecular weight excluding hydrogens is 468 g/mol. The van der Waals surface area contributed by atoms with Crippen LogP contribution < -0.4 is 10.1 Å². The molecule has 4 aromatic rings. The van der Waals surface area contributed by atoms with E-state index in [4.69, 9.17) is 14.2 Å². The van der Waals surface area contributed by atoms with Gasteiger partial charge >= 0.3 is 0 Å². The van der Waals surface area contributed by atoms with Gasteiger partial charge in [0.05, 0.1) is 23.3 Å². The molecule has 3 heterocycles. The Morgan fingerprint density at radius 1 is 1.05 bits per heavy atom. The number of nitrogens with zero attached hydrogens (tertiary/aromatic N) is 3. The van der Waals surface area contributed by atoms with Gasteiger partial charge in [-0.2, -0.15) is 0 Å². The number of fused-ring (bicyclic) bond motifs is 1. The summed E-state index contributed by atoms with van der Waals surface area (Å²) in [6.07, 6.45) is 1.42. The molecule has 1 saturated heterocycles. The second-order valence-corrected chi connectivity index (χ2v) is 9.20. The molecule has 2 aromatic heterocycles. The number of piperidine rings is 1. The quantitative estimate of drug-likeness (QED) is 0.390. The van der Waals surface area contributed by atoms with Gasteiger partial charge in [-0.25, -0.2) is 0 Å². The van der Waals surface area contributed by atoms with Crippen LogP contribution in [0.5, 0.6) is 5.75 Å². The van der Waals surface area contributed by atoms with Crippen LogP contribution in [0.2, 0.25) is 0 Å². The summed E-state index contributed by atoms with van der Waals surface area (Å²) in [6.45, 7) is 5.89. The summed E-state index contributed by atoms with van der Waals surface area (Å²) >= 11 is 0. The highest BCUT2D eigenvalue weighted by Gasteiger charge is 2.30. The van der Waals surface area contributed by atoms with Crippen LogP contribution >= 0.6 is 0 Å². The maximum atomic E-state index is 13.2. The first-order valence-corrected chi connectivity index (χ1v) is 12.6. The topological polar surface area (TPSA) is 97.6 Å². The van der Waals surface area contributed by atoms with E-state index >= 15 is 0 Å². The largest absolute Gasteiger partial charge is 0.494 e. The minimum atomic E-state index is -0.166. The second-order valence-electron chi connectivity index (χ2n) is 9.20. The van der Waals surface area contributed by atoms with Crippen molar-refractivity contribution < 1.29 is 18.8 Å². The highest BCUT2D eigenvalue weighted by molar-refractivity contribution is 6.03. The number of hydrogen-bond donors (Lipinski definition) is 1. The van der Waals surface area contributed by atoms with Crippen LogP contribution in [0.15, 0.2) is 65.2 Å². The van der Waals surface area contributed by atoms with Crippen molar-refractivity contribution >= 4 is 22.7 Å². The Morgan fingerprint density at radius 3 is 2.62 bits per heavy atom. The van der Waals surface area contributed by atoms with Crippen molar-refractivity contribution in [3.05, 3.63) is 88.9 Å². The summed E-state index contributed by atoms with van der Waals surface area (Å²) in [5.41, 5.74) is 3.81. The number of hydrogen-bond acceptors (Lipinski definition) is 6. The van der Waals surface area contributed by atoms with Crippen LogP contribution in [0, 0.1) is 6.92 Å². The number of carbonyl (C=O) groups excluding carboxylic acids is 2. The molecule has 0 bridgehead atoms. The number of nitrogens with one attached hydrogen (secondary N) is 1. The maximum absolute atomic E-state index is 13.2. The zero-order valence-electron chi connectivity index (χ0n) is 21.1. The third-order valence-corrected chi connectivity index (χ3v) is 6.77. The van der Waals surface area contributed by atoms with Crippen LogP contribution in [-0.2, 0) is 6.54 Å². The summed E-state index contributed by atoms with van der Waals surface area (Å²) in [5, 5.41) is 7.76. The minimum Gasteiger partial charge on any atom is -0.494 e. The predicted molar refractivity (Wildman–Crippen MR) is 140 cm³/mol. The zero-order chi connectivity index (χ0) is 25.8. The molecule has 0 atom stereocenters. The summed E-state index contributed by atoms with van der Waals surface area (Å²) in [7, 11) is 0. The monoisotopic (exact) mass is 498 g/mol. The Bertz CT molecular complexity index is 1420. The Kier molecular flexibility index (Phi) is 7.16. The Labute approximate surface area is 215 Å². The van der Waals surface area contributed by atoms with Crippen molar-refractivity contribution in [2.75, 3.05) is 19.7 Å². The van der Waals surface area contributed by atoms with Gasteiger partial charge in [0.25, 0.3) is 11.8 Å². The molecule has 8 heteroatoms. The number of benzene rings is 2. The average molecular weight is 499 g/mol. The van der Waals surface area contributed by atoms with E-state index in [0.29, 0.717) is 50.2 Å². The van der Waals surface area contributed by atoms with Crippen molar-refractivity contribution in [3.63, 3.8) is 0 Å². The first kappa shape index (κ1) is 24.5. The van der Waals surface area contributed by atoms with Gasteiger partial charge in [0, 0.05) is 36.8 Å². The van der Waals surface area contributed by atoms with Crippen molar-refractivity contribution in [1.29, 1.82) is 0 Å². The highest BCUT2D eigenvalue weighted by Crippen LogP contribution is 2.31. The molecule has 0 spiro atoms. The Hall–Kier alpha value is -4.20. The van der Waals surface area contributed by atoms with Crippen molar-refractivity contribution in [2.45, 2.75) is 39.2 Å². The maximum Gasteiger partial charge on any atom is 0.293 e. The molecule has 1 N–H and O–H groups in total. The lowest BCUT2D eigenvalue weighted by Gasteiger charge is -2.32. The molecule has 37 heavy (non-hydrogen) atoms. The molecule has 1 aliphatic rings. The standard InChI is InChI=1S/C29H30N4O4/c1-3-36-25-11-7-4-8-21(25)18-30-28(34)23-13-12-19(2)31-26(23)20-14-16-33(17-15-20)29(35)27-22-9-5-6-10-24(22)32-37-27/h4-13,20H,3,14-18H2,1-2H3,(H,30,34). The highest BCUT2D eigenvalue weighted by atomic mass is 16.5. The number of para-hydroxylation sites is 1. The lowest BCUT2D eigenvalue weighted by molar-refractivity contribution is 0.0671. The van der Waals surface area contributed by atoms with Crippen LogP contribution in [0.1, 0.15) is 63.5 Å². The van der Waals surface area contributed by atoms with Crippen molar-refractivity contribution in [2.24, 2.45) is 0 Å². The third-order valence-electron chi connectivity index (χ3n) is 6.77. The Morgan fingerprint density at radius 2 is 1.81 bits per heavy atom. The molecule has 0 unspecified atom stereocenters. The summed E-state index contributed by atoms with van der Waals surface area (Å²) in [5.74, 6) is 0.793. The van der Waals surface area contributed by atoms with Crippen molar-refractivity contribution in [1.82, 2.24) is 20.4 Å². The van der Waals surface area contributed by atoms with Crippen molar-refractivity contribution in [3.8, 4) is 5.75 Å². The second kappa shape index (κ2) is 10.8. The van der Waals surface area contributed by atoms with Gasteiger partial charge in [-0.1, -0.05) is 35.5 Å². The van der Waals surface area contributed by atoms with Crippen LogP contribution in [0.4, 0.5) is 0 Å². The number of carbonyl (C=O) groups is 2. The van der Waals surface area contributed by atoms with Crippen LogP contribution in [0.3, 0.4) is 0 Å². The van der Waals surface area contributed by atoms with Gasteiger partial charge in [0.15, 0.2) is 0 Å². The molecule has 8 nitrogen and oxygen atoms in total. The number of rotatable bonds is 7. The summed E-state index contributed by atoms with van der Waals surface area (Å²) < 4.78 is 11.1. The van der Waals surface area contributed by atoms with E-state index in [1.165, 1.54) is 0 Å². The number of pyridine rings is 1. The van der Waals surface area contributed by atoms with E-state index in [1.54, 1.807) is 4.90 Å². The van der Waals surface area contributed by atoms with E-state index in [2.05, 4.69) is 10.5 Å². The molecular formula is C29H30N4O4. The van der Waals surface area contributed by atoms with Gasteiger partial charge in [0.1, 0.15) is 11.3 Å². The zero-order valence-corrected chi connectivity index (χ0v) is 21.1. The summed E-state index contributed by atoms with van der Waals surface area (Å²) in [4.78, 5) is 32.9. The van der Waals surface area contributed by atoms with E-state index < -0.39 is 0 Å². The Balaban J connectivity index is 1.28. The number of aromatic nitrogens is 2. The number of amides is 2. The van der Waals surface area contributed by atoms with Gasteiger partial charge in [-0.3, -0.25) is 14.6 Å². The van der Waals surface area contributed by atoms with E-state index in [9.17, 15) is 9.59 Å². The van der Waals surface area contributed by atoms with Gasteiger partial charge < -0.3 is 19.5 Å². The van der Waals surface area contributed by atoms with Crippen LogP contribution in [-0.4, -0.2) is 46.6 Å². The fourth-order valence-electron chi connectivity index (χ4n) is 4.84. The molecule has 190 valence electrons. The SMILES string of the molecule is CCOc1ccccc1CNC(=O)c1ccc(C)nc1C1CCN(C(=O)c2onc3ccccc23)CC1. The molecule has 2 amide bonds. The summed E-state index contributed by atoms with van der Waals surface area (Å²) in [6, 6.07) is 18.8. The van der Waals surface area contributed by atoms with E-state index in [1.807, 2.05) is 74.5 Å². The molecule has 5 rings (SSSR count). The van der Waals surface area contributed by atoms with Gasteiger partial charge in [-0.15, -0.1) is 0 Å². The predicted octanol–water partition coefficient (Wildman–Crippen LogP) is 4.88. The lowest BCUT2D eigenvalue weighted by atomic mass is 9.89. The fraction of sp³-hybridized carbons (Fsp3) is 0.310. The molecule has 0 saturated carbocycles. The van der Waals surface area contributed by atoms with E-state index in [-0.39, 0.29) is 23.5 Å². The third kappa shape index (κ3) is 5.18. The molecule has 0 aliphatic carbocycles. The van der Waals surface area contributed by atoms with Gasteiger partial charge in [-0.05, 0) is 57.0 Å². The normalized spacial score (nSPS) is 14.1. The molecule has 1 fully saturated rings. The van der Waals surface area contributed by atoms with Crippen LogP contribution in [0.25, 0.3) is 10.9 Å². The molecule has 0 radical (unpaired) electrons. The number of likely N-dealkylation sites (tertiary alicyclic amines) is 1. The smallest absolute Gasteiger partial charge is 0.293 e.